The van der Waals surface area contributed by atoms with Gasteiger partial charge in [-0.2, -0.15) is 0 Å². The van der Waals surface area contributed by atoms with E-state index in [9.17, 15) is 13.6 Å². The molecule has 1 fully saturated rings. The molecule has 0 unspecified atom stereocenters. The van der Waals surface area contributed by atoms with E-state index in [1.54, 1.807) is 23.3 Å². The van der Waals surface area contributed by atoms with Crippen molar-refractivity contribution in [2.45, 2.75) is 57.4 Å². The molecular weight excluding hydrogens is 396 g/mol. The Morgan fingerprint density at radius 2 is 2.10 bits per heavy atom. The zero-order valence-corrected chi connectivity index (χ0v) is 17.0. The standard InChI is InChI=1S/C20H23F2N5OS/c1-20(21,22)8-6-13-2-4-14(5-3-13)24-18(28)16-17-15(7-11-29-17)25-19(26-16)27-10-9-23-12-27/h7,9-14H,2-6,8H2,1H3,(H,24,28). The molecular formula is C20H23F2N5OS. The molecule has 3 aromatic rings. The third-order valence-corrected chi connectivity index (χ3v) is 6.33. The fraction of sp³-hybridized carbons (Fsp3) is 0.500. The molecule has 154 valence electrons. The molecule has 0 radical (unpaired) electrons. The van der Waals surface area contributed by atoms with Crippen LogP contribution in [0.4, 0.5) is 8.78 Å². The zero-order chi connectivity index (χ0) is 20.4. The molecule has 1 aliphatic carbocycles. The van der Waals surface area contributed by atoms with Crippen LogP contribution >= 0.6 is 11.3 Å². The zero-order valence-electron chi connectivity index (χ0n) is 16.1. The number of hydrogen-bond acceptors (Lipinski definition) is 5. The highest BCUT2D eigenvalue weighted by Crippen LogP contribution is 2.32. The molecule has 1 amide bonds. The molecule has 9 heteroatoms. The van der Waals surface area contributed by atoms with Gasteiger partial charge in [-0.1, -0.05) is 0 Å². The van der Waals surface area contributed by atoms with Gasteiger partial charge < -0.3 is 5.32 Å². The number of amides is 1. The Morgan fingerprint density at radius 1 is 1.31 bits per heavy atom. The van der Waals surface area contributed by atoms with Crippen molar-refractivity contribution in [3.05, 3.63) is 35.9 Å². The van der Waals surface area contributed by atoms with E-state index in [0.29, 0.717) is 24.0 Å². The number of carbonyl (C=O) groups excluding carboxylic acids is 1. The SMILES string of the molecule is CC(F)(F)CCC1CCC(NC(=O)c2nc(-n3ccnc3)nc3ccsc23)CC1. The van der Waals surface area contributed by atoms with Crippen LogP contribution in [0, 0.1) is 5.92 Å². The largest absolute Gasteiger partial charge is 0.348 e. The van der Waals surface area contributed by atoms with Gasteiger partial charge in [0.2, 0.25) is 11.9 Å². The first-order valence-corrected chi connectivity index (χ1v) is 10.7. The van der Waals surface area contributed by atoms with Gasteiger partial charge in [-0.05, 0) is 56.4 Å². The molecule has 1 saturated carbocycles. The molecule has 1 N–H and O–H groups in total. The molecule has 29 heavy (non-hydrogen) atoms. The maximum atomic E-state index is 13.1. The smallest absolute Gasteiger partial charge is 0.271 e. The van der Waals surface area contributed by atoms with E-state index in [1.807, 2.05) is 11.4 Å². The fourth-order valence-corrected chi connectivity index (χ4v) is 4.62. The second-order valence-electron chi connectivity index (χ2n) is 7.78. The minimum atomic E-state index is -2.60. The van der Waals surface area contributed by atoms with Crippen LogP contribution in [-0.4, -0.2) is 37.4 Å². The third-order valence-electron chi connectivity index (χ3n) is 5.42. The van der Waals surface area contributed by atoms with Gasteiger partial charge in [-0.3, -0.25) is 9.36 Å². The van der Waals surface area contributed by atoms with E-state index in [4.69, 9.17) is 0 Å². The number of fused-ring (bicyclic) bond motifs is 1. The summed E-state index contributed by atoms with van der Waals surface area (Å²) in [4.78, 5) is 26.0. The first-order chi connectivity index (χ1) is 13.9. The monoisotopic (exact) mass is 419 g/mol. The van der Waals surface area contributed by atoms with E-state index in [0.717, 1.165) is 42.8 Å². The van der Waals surface area contributed by atoms with E-state index < -0.39 is 5.92 Å². The van der Waals surface area contributed by atoms with Crippen molar-refractivity contribution < 1.29 is 13.6 Å². The highest BCUT2D eigenvalue weighted by Gasteiger charge is 2.28. The average molecular weight is 420 g/mol. The number of nitrogens with one attached hydrogen (secondary N) is 1. The lowest BCUT2D eigenvalue weighted by Gasteiger charge is -2.29. The van der Waals surface area contributed by atoms with E-state index in [-0.39, 0.29) is 18.4 Å². The van der Waals surface area contributed by atoms with Gasteiger partial charge in [0, 0.05) is 24.9 Å². The molecule has 1 aliphatic rings. The number of alkyl halides is 2. The summed E-state index contributed by atoms with van der Waals surface area (Å²) in [5.41, 5.74) is 1.09. The van der Waals surface area contributed by atoms with Gasteiger partial charge in [0.1, 0.15) is 6.33 Å². The Labute approximate surface area is 171 Å². The summed E-state index contributed by atoms with van der Waals surface area (Å²) in [6.07, 6.45) is 8.76. The molecule has 0 aliphatic heterocycles. The van der Waals surface area contributed by atoms with Crippen LogP contribution in [0.1, 0.15) is 55.9 Å². The van der Waals surface area contributed by atoms with Crippen molar-refractivity contribution in [3.63, 3.8) is 0 Å². The Hall–Kier alpha value is -2.42. The summed E-state index contributed by atoms with van der Waals surface area (Å²) in [6, 6.07) is 1.91. The molecule has 6 nitrogen and oxygen atoms in total. The maximum Gasteiger partial charge on any atom is 0.271 e. The molecule has 0 saturated heterocycles. The van der Waals surface area contributed by atoms with Gasteiger partial charge in [-0.15, -0.1) is 11.3 Å². The van der Waals surface area contributed by atoms with Crippen molar-refractivity contribution >= 4 is 27.5 Å². The molecule has 0 aromatic carbocycles. The molecule has 4 rings (SSSR count). The number of halogens is 2. The van der Waals surface area contributed by atoms with Crippen LogP contribution < -0.4 is 5.32 Å². The summed E-state index contributed by atoms with van der Waals surface area (Å²) < 4.78 is 28.6. The average Bonchev–Trinajstić information content (AvgIpc) is 3.37. The number of carbonyl (C=O) groups is 1. The molecule has 3 aromatic heterocycles. The van der Waals surface area contributed by atoms with E-state index in [2.05, 4.69) is 20.3 Å². The first-order valence-electron chi connectivity index (χ1n) is 9.81. The Morgan fingerprint density at radius 3 is 2.79 bits per heavy atom. The topological polar surface area (TPSA) is 72.7 Å². The summed E-state index contributed by atoms with van der Waals surface area (Å²) in [5, 5.41) is 4.98. The van der Waals surface area contributed by atoms with Crippen LogP contribution in [0.25, 0.3) is 16.2 Å². The summed E-state index contributed by atoms with van der Waals surface area (Å²) in [6.45, 7) is 0.976. The number of thiophene rings is 1. The number of hydrogen-bond donors (Lipinski definition) is 1. The van der Waals surface area contributed by atoms with Gasteiger partial charge in [0.15, 0.2) is 5.69 Å². The third kappa shape index (κ3) is 4.77. The summed E-state index contributed by atoms with van der Waals surface area (Å²) >= 11 is 1.44. The first kappa shape index (κ1) is 19.9. The second kappa shape index (κ2) is 8.14. The van der Waals surface area contributed by atoms with Gasteiger partial charge in [0.25, 0.3) is 5.91 Å². The lowest BCUT2D eigenvalue weighted by Crippen LogP contribution is -2.38. The van der Waals surface area contributed by atoms with E-state index in [1.165, 1.54) is 11.3 Å². The highest BCUT2D eigenvalue weighted by molar-refractivity contribution is 7.17. The minimum Gasteiger partial charge on any atom is -0.348 e. The Kier molecular flexibility index (Phi) is 5.58. The number of imidazole rings is 1. The molecule has 0 spiro atoms. The van der Waals surface area contributed by atoms with Crippen LogP contribution in [0.15, 0.2) is 30.2 Å². The lowest BCUT2D eigenvalue weighted by atomic mass is 9.83. The van der Waals surface area contributed by atoms with Crippen LogP contribution in [0.2, 0.25) is 0 Å². The molecule has 0 bridgehead atoms. The number of nitrogens with zero attached hydrogens (tertiary/aromatic N) is 4. The predicted octanol–water partition coefficient (Wildman–Crippen LogP) is 4.60. The lowest BCUT2D eigenvalue weighted by molar-refractivity contribution is 0.00482. The van der Waals surface area contributed by atoms with Gasteiger partial charge in [0.05, 0.1) is 10.2 Å². The normalized spacial score (nSPS) is 20.1. The van der Waals surface area contributed by atoms with Gasteiger partial charge in [-0.25, -0.2) is 23.7 Å². The number of aromatic nitrogens is 4. The summed E-state index contributed by atoms with van der Waals surface area (Å²) in [7, 11) is 0. The second-order valence-corrected chi connectivity index (χ2v) is 8.69. The van der Waals surface area contributed by atoms with Crippen molar-refractivity contribution in [2.24, 2.45) is 5.92 Å². The fourth-order valence-electron chi connectivity index (χ4n) is 3.80. The number of rotatable bonds is 6. The van der Waals surface area contributed by atoms with Crippen molar-refractivity contribution in [1.82, 2.24) is 24.8 Å². The quantitative estimate of drug-likeness (QED) is 0.634. The highest BCUT2D eigenvalue weighted by atomic mass is 32.1. The van der Waals surface area contributed by atoms with Crippen LogP contribution in [0.3, 0.4) is 0 Å². The Bertz CT molecular complexity index is 975. The predicted molar refractivity (Wildman–Crippen MR) is 108 cm³/mol. The maximum absolute atomic E-state index is 13.1. The van der Waals surface area contributed by atoms with Crippen molar-refractivity contribution in [1.29, 1.82) is 0 Å². The van der Waals surface area contributed by atoms with Gasteiger partial charge >= 0.3 is 0 Å². The van der Waals surface area contributed by atoms with Crippen LogP contribution in [0.5, 0.6) is 0 Å². The molecule has 0 atom stereocenters. The molecule has 3 heterocycles. The van der Waals surface area contributed by atoms with Crippen LogP contribution in [-0.2, 0) is 0 Å². The van der Waals surface area contributed by atoms with Crippen molar-refractivity contribution in [3.8, 4) is 5.95 Å². The van der Waals surface area contributed by atoms with E-state index >= 15 is 0 Å². The Balaban J connectivity index is 1.43. The summed E-state index contributed by atoms with van der Waals surface area (Å²) in [5.74, 6) is -2.10. The minimum absolute atomic E-state index is 0.0440. The van der Waals surface area contributed by atoms with Crippen molar-refractivity contribution in [2.75, 3.05) is 0 Å².